The molecule has 0 bridgehead atoms. The van der Waals surface area contributed by atoms with Gasteiger partial charge < -0.3 is 10.5 Å². The molecule has 4 heteroatoms. The minimum atomic E-state index is -0.470. The van der Waals surface area contributed by atoms with Crippen LogP contribution in [-0.4, -0.2) is 12.4 Å². The predicted molar refractivity (Wildman–Crippen MR) is 71.9 cm³/mol. The zero-order valence-corrected chi connectivity index (χ0v) is 10.5. The molecule has 0 aliphatic carbocycles. The van der Waals surface area contributed by atoms with Crippen LogP contribution in [0, 0.1) is 5.82 Å². The normalized spacial score (nSPS) is 10.2. The monoisotopic (exact) mass is 259 g/mol. The van der Waals surface area contributed by atoms with Crippen molar-refractivity contribution >= 4 is 11.5 Å². The first-order valence-electron chi connectivity index (χ1n) is 5.94. The summed E-state index contributed by atoms with van der Waals surface area (Å²) in [5.41, 5.74) is 6.80. The second kappa shape index (κ2) is 5.52. The van der Waals surface area contributed by atoms with Gasteiger partial charge in [-0.05, 0) is 49.4 Å². The number of carbonyl (C=O) groups excluding carboxylic acids is 1. The van der Waals surface area contributed by atoms with Gasteiger partial charge >= 0.3 is 0 Å². The van der Waals surface area contributed by atoms with Crippen LogP contribution in [0.25, 0.3) is 0 Å². The molecule has 0 atom stereocenters. The van der Waals surface area contributed by atoms with E-state index in [-0.39, 0.29) is 11.3 Å². The average Bonchev–Trinajstić information content (AvgIpc) is 2.41. The van der Waals surface area contributed by atoms with Crippen molar-refractivity contribution in [3.63, 3.8) is 0 Å². The minimum absolute atomic E-state index is 0.214. The van der Waals surface area contributed by atoms with E-state index in [4.69, 9.17) is 10.5 Å². The molecule has 0 aromatic heterocycles. The fourth-order valence-electron chi connectivity index (χ4n) is 1.75. The van der Waals surface area contributed by atoms with E-state index in [2.05, 4.69) is 0 Å². The fraction of sp³-hybridized carbons (Fsp3) is 0.133. The quantitative estimate of drug-likeness (QED) is 0.678. The summed E-state index contributed by atoms with van der Waals surface area (Å²) in [5.74, 6) is -0.379. The Kier molecular flexibility index (Phi) is 3.80. The minimum Gasteiger partial charge on any atom is -0.493 e. The number of nitrogen functional groups attached to an aromatic ring is 1. The van der Waals surface area contributed by atoms with Gasteiger partial charge in [0.2, 0.25) is 0 Å². The van der Waals surface area contributed by atoms with Crippen LogP contribution in [0.15, 0.2) is 42.5 Å². The number of ketones is 1. The summed E-state index contributed by atoms with van der Waals surface area (Å²) in [7, 11) is 0. The molecule has 2 aromatic carbocycles. The van der Waals surface area contributed by atoms with Gasteiger partial charge in [-0.1, -0.05) is 0 Å². The molecule has 98 valence electrons. The van der Waals surface area contributed by atoms with Crippen molar-refractivity contribution < 1.29 is 13.9 Å². The molecule has 0 saturated heterocycles. The Morgan fingerprint density at radius 2 is 1.89 bits per heavy atom. The van der Waals surface area contributed by atoms with Crippen molar-refractivity contribution in [3.8, 4) is 5.75 Å². The smallest absolute Gasteiger partial charge is 0.196 e. The third-order valence-corrected chi connectivity index (χ3v) is 2.66. The summed E-state index contributed by atoms with van der Waals surface area (Å²) in [5, 5.41) is 0. The molecule has 0 amide bonds. The lowest BCUT2D eigenvalue weighted by atomic mass is 10.0. The summed E-state index contributed by atoms with van der Waals surface area (Å²) in [4.78, 5) is 12.3. The molecule has 0 heterocycles. The lowest BCUT2D eigenvalue weighted by Crippen LogP contribution is -2.06. The van der Waals surface area contributed by atoms with Crippen molar-refractivity contribution in [2.75, 3.05) is 12.3 Å². The first-order valence-corrected chi connectivity index (χ1v) is 5.94. The second-order valence-electron chi connectivity index (χ2n) is 4.02. The topological polar surface area (TPSA) is 52.3 Å². The maximum atomic E-state index is 13.3. The van der Waals surface area contributed by atoms with E-state index in [0.717, 1.165) is 0 Å². The lowest BCUT2D eigenvalue weighted by Gasteiger charge is -2.09. The van der Waals surface area contributed by atoms with Crippen molar-refractivity contribution in [1.82, 2.24) is 0 Å². The Bertz CT molecular complexity index is 594. The molecule has 0 radical (unpaired) electrons. The Morgan fingerprint density at radius 3 is 2.53 bits per heavy atom. The van der Waals surface area contributed by atoms with Crippen LogP contribution in [0.3, 0.4) is 0 Å². The first kappa shape index (κ1) is 13.1. The Labute approximate surface area is 110 Å². The van der Waals surface area contributed by atoms with E-state index in [9.17, 15) is 9.18 Å². The van der Waals surface area contributed by atoms with Crippen LogP contribution in [-0.2, 0) is 0 Å². The number of anilines is 1. The lowest BCUT2D eigenvalue weighted by molar-refractivity contribution is 0.103. The van der Waals surface area contributed by atoms with Crippen LogP contribution in [0.1, 0.15) is 22.8 Å². The average molecular weight is 259 g/mol. The number of halogens is 1. The highest BCUT2D eigenvalue weighted by Gasteiger charge is 2.15. The van der Waals surface area contributed by atoms with Gasteiger partial charge in [-0.25, -0.2) is 4.39 Å². The van der Waals surface area contributed by atoms with Gasteiger partial charge in [-0.15, -0.1) is 0 Å². The third kappa shape index (κ3) is 2.91. The summed E-state index contributed by atoms with van der Waals surface area (Å²) in [6.07, 6.45) is 0. The molecule has 0 fully saturated rings. The third-order valence-electron chi connectivity index (χ3n) is 2.66. The molecule has 0 unspecified atom stereocenters. The first-order chi connectivity index (χ1) is 9.11. The van der Waals surface area contributed by atoms with E-state index in [0.29, 0.717) is 23.6 Å². The van der Waals surface area contributed by atoms with Gasteiger partial charge in [-0.3, -0.25) is 4.79 Å². The van der Waals surface area contributed by atoms with Crippen LogP contribution in [0.5, 0.6) is 5.75 Å². The highest BCUT2D eigenvalue weighted by molar-refractivity contribution is 6.10. The van der Waals surface area contributed by atoms with E-state index < -0.39 is 5.82 Å². The van der Waals surface area contributed by atoms with Crippen molar-refractivity contribution in [2.24, 2.45) is 0 Å². The molecule has 3 nitrogen and oxygen atoms in total. The summed E-state index contributed by atoms with van der Waals surface area (Å²) >= 11 is 0. The van der Waals surface area contributed by atoms with Gasteiger partial charge in [-0.2, -0.15) is 0 Å². The molecular weight excluding hydrogens is 245 g/mol. The number of hydrogen-bond acceptors (Lipinski definition) is 3. The highest BCUT2D eigenvalue weighted by atomic mass is 19.1. The van der Waals surface area contributed by atoms with Crippen molar-refractivity contribution in [2.45, 2.75) is 6.92 Å². The Balaban J connectivity index is 2.42. The zero-order valence-electron chi connectivity index (χ0n) is 10.5. The van der Waals surface area contributed by atoms with Gasteiger partial charge in [0.25, 0.3) is 0 Å². The predicted octanol–water partition coefficient (Wildman–Crippen LogP) is 3.04. The van der Waals surface area contributed by atoms with E-state index >= 15 is 0 Å². The number of rotatable bonds is 4. The van der Waals surface area contributed by atoms with Gasteiger partial charge in [0.05, 0.1) is 12.2 Å². The Hall–Kier alpha value is -2.36. The van der Waals surface area contributed by atoms with E-state index in [1.165, 1.54) is 18.2 Å². The number of ether oxygens (including phenoxy) is 1. The number of carbonyl (C=O) groups is 1. The number of nitrogens with two attached hydrogens (primary N) is 1. The summed E-state index contributed by atoms with van der Waals surface area (Å²) < 4.78 is 18.6. The van der Waals surface area contributed by atoms with E-state index in [1.54, 1.807) is 31.2 Å². The van der Waals surface area contributed by atoms with Gasteiger partial charge in [0, 0.05) is 11.3 Å². The van der Waals surface area contributed by atoms with Gasteiger partial charge in [0.15, 0.2) is 5.78 Å². The summed E-state index contributed by atoms with van der Waals surface area (Å²) in [6, 6.07) is 10.4. The fourth-order valence-corrected chi connectivity index (χ4v) is 1.75. The zero-order chi connectivity index (χ0) is 13.8. The molecule has 2 rings (SSSR count). The molecule has 0 aliphatic rings. The number of benzene rings is 2. The summed E-state index contributed by atoms with van der Waals surface area (Å²) in [6.45, 7) is 2.22. The largest absolute Gasteiger partial charge is 0.493 e. The maximum Gasteiger partial charge on any atom is 0.196 e. The highest BCUT2D eigenvalue weighted by Crippen LogP contribution is 2.23. The van der Waals surface area contributed by atoms with Crippen LogP contribution in [0.2, 0.25) is 0 Å². The molecule has 0 spiro atoms. The maximum absolute atomic E-state index is 13.3. The van der Waals surface area contributed by atoms with Crippen molar-refractivity contribution in [3.05, 3.63) is 59.4 Å². The standard InChI is InChI=1S/C15H14FNO2/c1-2-19-14-8-5-11(16)9-13(14)15(18)10-3-6-12(17)7-4-10/h3-9H,2,17H2,1H3. The molecular formula is C15H14FNO2. The molecule has 19 heavy (non-hydrogen) atoms. The molecule has 2 N–H and O–H groups in total. The Morgan fingerprint density at radius 1 is 1.21 bits per heavy atom. The SMILES string of the molecule is CCOc1ccc(F)cc1C(=O)c1ccc(N)cc1. The van der Waals surface area contributed by atoms with Crippen LogP contribution in [0.4, 0.5) is 10.1 Å². The molecule has 2 aromatic rings. The second-order valence-corrected chi connectivity index (χ2v) is 4.02. The number of hydrogen-bond donors (Lipinski definition) is 1. The van der Waals surface area contributed by atoms with Crippen molar-refractivity contribution in [1.29, 1.82) is 0 Å². The molecule has 0 saturated carbocycles. The van der Waals surface area contributed by atoms with E-state index in [1.807, 2.05) is 0 Å². The molecule has 0 aliphatic heterocycles. The van der Waals surface area contributed by atoms with Crippen LogP contribution < -0.4 is 10.5 Å². The van der Waals surface area contributed by atoms with Crippen LogP contribution >= 0.6 is 0 Å². The van der Waals surface area contributed by atoms with Gasteiger partial charge in [0.1, 0.15) is 11.6 Å².